The summed E-state index contributed by atoms with van der Waals surface area (Å²) in [4.78, 5) is 12.1. The molecule has 0 spiro atoms. The molecule has 0 heterocycles. The summed E-state index contributed by atoms with van der Waals surface area (Å²) < 4.78 is 24.1. The number of hydrogen-bond donors (Lipinski definition) is 2. The second-order valence-corrected chi connectivity index (χ2v) is 8.59. The predicted octanol–water partition coefficient (Wildman–Crippen LogP) is 2.19. The maximum absolute atomic E-state index is 12.1. The third kappa shape index (κ3) is 6.42. The molecule has 0 aliphatic heterocycles. The van der Waals surface area contributed by atoms with Crippen LogP contribution in [0.1, 0.15) is 44.1 Å². The van der Waals surface area contributed by atoms with E-state index in [1.165, 1.54) is 0 Å². The van der Waals surface area contributed by atoms with Gasteiger partial charge in [0.2, 0.25) is 5.91 Å². The van der Waals surface area contributed by atoms with Crippen LogP contribution in [0.4, 0.5) is 0 Å². The standard InChI is InChI=1S/C17H26N2O3S.ClH/c18-17(10-5-2-6-11-17)16(20)19-12-7-13-23(21,22)14-15-8-3-1-4-9-15;/h1,3-4,8-9H,2,5-7,10-14,18H2,(H,19,20);1H. The first-order valence-electron chi connectivity index (χ1n) is 8.23. The van der Waals surface area contributed by atoms with E-state index >= 15 is 0 Å². The molecule has 1 aliphatic carbocycles. The Morgan fingerprint density at radius 2 is 1.75 bits per heavy atom. The van der Waals surface area contributed by atoms with E-state index in [4.69, 9.17) is 5.73 Å². The smallest absolute Gasteiger partial charge is 0.240 e. The lowest BCUT2D eigenvalue weighted by atomic mass is 9.82. The highest BCUT2D eigenvalue weighted by atomic mass is 35.5. The summed E-state index contributed by atoms with van der Waals surface area (Å²) in [5.41, 5.74) is 6.17. The Morgan fingerprint density at radius 3 is 2.38 bits per heavy atom. The highest BCUT2D eigenvalue weighted by Gasteiger charge is 2.34. The molecule has 2 rings (SSSR count). The zero-order chi connectivity index (χ0) is 16.8. The van der Waals surface area contributed by atoms with Gasteiger partial charge in [0.25, 0.3) is 0 Å². The number of nitrogens with one attached hydrogen (secondary N) is 1. The summed E-state index contributed by atoms with van der Waals surface area (Å²) in [5, 5.41) is 2.80. The first-order chi connectivity index (χ1) is 10.9. The van der Waals surface area contributed by atoms with Gasteiger partial charge in [0, 0.05) is 6.54 Å². The van der Waals surface area contributed by atoms with Gasteiger partial charge in [-0.3, -0.25) is 4.79 Å². The third-order valence-electron chi connectivity index (χ3n) is 4.35. The summed E-state index contributed by atoms with van der Waals surface area (Å²) in [6, 6.07) is 9.13. The normalized spacial score (nSPS) is 16.9. The van der Waals surface area contributed by atoms with E-state index in [9.17, 15) is 13.2 Å². The molecule has 24 heavy (non-hydrogen) atoms. The van der Waals surface area contributed by atoms with Crippen LogP contribution in [-0.4, -0.2) is 32.2 Å². The summed E-state index contributed by atoms with van der Waals surface area (Å²) >= 11 is 0. The molecule has 0 saturated heterocycles. The van der Waals surface area contributed by atoms with Crippen molar-refractivity contribution in [1.82, 2.24) is 5.32 Å². The molecule has 1 aromatic rings. The molecule has 0 bridgehead atoms. The van der Waals surface area contributed by atoms with Gasteiger partial charge in [-0.05, 0) is 24.8 Å². The van der Waals surface area contributed by atoms with Crippen molar-refractivity contribution in [3.05, 3.63) is 35.9 Å². The van der Waals surface area contributed by atoms with Crippen LogP contribution in [0.2, 0.25) is 0 Å². The van der Waals surface area contributed by atoms with Gasteiger partial charge in [-0.2, -0.15) is 0 Å². The number of hydrogen-bond acceptors (Lipinski definition) is 4. The lowest BCUT2D eigenvalue weighted by molar-refractivity contribution is -0.127. The van der Waals surface area contributed by atoms with Crippen LogP contribution >= 0.6 is 12.4 Å². The fourth-order valence-corrected chi connectivity index (χ4v) is 4.41. The van der Waals surface area contributed by atoms with Crippen LogP contribution in [-0.2, 0) is 20.4 Å². The number of nitrogens with two attached hydrogens (primary N) is 1. The lowest BCUT2D eigenvalue weighted by Crippen LogP contribution is -2.55. The van der Waals surface area contributed by atoms with Crippen molar-refractivity contribution in [2.45, 2.75) is 49.8 Å². The van der Waals surface area contributed by atoms with E-state index in [0.29, 0.717) is 25.8 Å². The van der Waals surface area contributed by atoms with Crippen molar-refractivity contribution >= 4 is 28.2 Å². The van der Waals surface area contributed by atoms with Crippen molar-refractivity contribution in [1.29, 1.82) is 0 Å². The van der Waals surface area contributed by atoms with Gasteiger partial charge in [0.15, 0.2) is 9.84 Å². The van der Waals surface area contributed by atoms with E-state index in [2.05, 4.69) is 5.32 Å². The Kier molecular flexibility index (Phi) is 8.19. The minimum absolute atomic E-state index is 0. The Balaban J connectivity index is 0.00000288. The second kappa shape index (κ2) is 9.39. The molecule has 1 amide bonds. The largest absolute Gasteiger partial charge is 0.354 e. The van der Waals surface area contributed by atoms with Gasteiger partial charge in [0.1, 0.15) is 0 Å². The average molecular weight is 375 g/mol. The molecule has 136 valence electrons. The lowest BCUT2D eigenvalue weighted by Gasteiger charge is -2.31. The SMILES string of the molecule is Cl.NC1(C(=O)NCCCS(=O)(=O)Cc2ccccc2)CCCCC1. The number of halogens is 1. The quantitative estimate of drug-likeness (QED) is 0.716. The summed E-state index contributed by atoms with van der Waals surface area (Å²) in [7, 11) is -3.16. The van der Waals surface area contributed by atoms with E-state index in [1.807, 2.05) is 18.2 Å². The van der Waals surface area contributed by atoms with E-state index in [-0.39, 0.29) is 29.8 Å². The molecule has 0 radical (unpaired) electrons. The highest BCUT2D eigenvalue weighted by molar-refractivity contribution is 7.90. The number of amides is 1. The van der Waals surface area contributed by atoms with Crippen molar-refractivity contribution in [2.24, 2.45) is 5.73 Å². The molecule has 1 aromatic carbocycles. The Bertz CT molecular complexity index is 614. The monoisotopic (exact) mass is 374 g/mol. The average Bonchev–Trinajstić information content (AvgIpc) is 2.52. The first-order valence-corrected chi connectivity index (χ1v) is 10.0. The van der Waals surface area contributed by atoms with Crippen molar-refractivity contribution in [2.75, 3.05) is 12.3 Å². The molecular weight excluding hydrogens is 348 g/mol. The number of carbonyl (C=O) groups is 1. The molecule has 0 unspecified atom stereocenters. The maximum atomic E-state index is 12.1. The van der Waals surface area contributed by atoms with Crippen LogP contribution < -0.4 is 11.1 Å². The Morgan fingerprint density at radius 1 is 1.12 bits per heavy atom. The van der Waals surface area contributed by atoms with Gasteiger partial charge in [-0.15, -0.1) is 12.4 Å². The van der Waals surface area contributed by atoms with Crippen molar-refractivity contribution in [3.8, 4) is 0 Å². The number of sulfone groups is 1. The molecule has 1 saturated carbocycles. The van der Waals surface area contributed by atoms with Gasteiger partial charge >= 0.3 is 0 Å². The zero-order valence-corrected chi connectivity index (χ0v) is 15.5. The summed E-state index contributed by atoms with van der Waals surface area (Å²) in [6.07, 6.45) is 4.93. The number of benzene rings is 1. The van der Waals surface area contributed by atoms with Crippen LogP contribution in [0.15, 0.2) is 30.3 Å². The van der Waals surface area contributed by atoms with E-state index in [1.54, 1.807) is 12.1 Å². The molecule has 0 aromatic heterocycles. The fourth-order valence-electron chi connectivity index (χ4n) is 2.98. The molecule has 0 atom stereocenters. The van der Waals surface area contributed by atoms with Gasteiger partial charge in [-0.25, -0.2) is 8.42 Å². The topological polar surface area (TPSA) is 89.3 Å². The summed E-state index contributed by atoms with van der Waals surface area (Å²) in [5.74, 6) is -0.0276. The van der Waals surface area contributed by atoms with E-state index < -0.39 is 15.4 Å². The molecular formula is C17H27ClN2O3S. The number of rotatable bonds is 7. The van der Waals surface area contributed by atoms with Crippen LogP contribution in [0.5, 0.6) is 0 Å². The van der Waals surface area contributed by atoms with Gasteiger partial charge in [0.05, 0.1) is 17.0 Å². The maximum Gasteiger partial charge on any atom is 0.240 e. The second-order valence-electron chi connectivity index (χ2n) is 6.40. The minimum Gasteiger partial charge on any atom is -0.354 e. The molecule has 1 aliphatic rings. The molecule has 3 N–H and O–H groups in total. The first kappa shape index (κ1) is 20.9. The van der Waals surface area contributed by atoms with Crippen LogP contribution in [0.3, 0.4) is 0 Å². The van der Waals surface area contributed by atoms with Gasteiger partial charge < -0.3 is 11.1 Å². The van der Waals surface area contributed by atoms with Gasteiger partial charge in [-0.1, -0.05) is 49.6 Å². The molecule has 5 nitrogen and oxygen atoms in total. The highest BCUT2D eigenvalue weighted by Crippen LogP contribution is 2.25. The number of carbonyl (C=O) groups excluding carboxylic acids is 1. The molecule has 1 fully saturated rings. The fraction of sp³-hybridized carbons (Fsp3) is 0.588. The van der Waals surface area contributed by atoms with Crippen LogP contribution in [0.25, 0.3) is 0 Å². The van der Waals surface area contributed by atoms with Crippen LogP contribution in [0, 0.1) is 0 Å². The minimum atomic E-state index is -3.16. The molecule has 7 heteroatoms. The zero-order valence-electron chi connectivity index (χ0n) is 13.9. The van der Waals surface area contributed by atoms with Crippen molar-refractivity contribution < 1.29 is 13.2 Å². The third-order valence-corrected chi connectivity index (χ3v) is 6.03. The Hall–Kier alpha value is -1.11. The van der Waals surface area contributed by atoms with Crippen molar-refractivity contribution in [3.63, 3.8) is 0 Å². The van der Waals surface area contributed by atoms with E-state index in [0.717, 1.165) is 24.8 Å². The predicted molar refractivity (Wildman–Crippen MR) is 98.8 cm³/mol. The Labute approximate surface area is 150 Å². The summed E-state index contributed by atoms with van der Waals surface area (Å²) in [6.45, 7) is 0.353.